The van der Waals surface area contributed by atoms with Crippen LogP contribution in [0, 0.1) is 5.82 Å². The summed E-state index contributed by atoms with van der Waals surface area (Å²) in [6.07, 6.45) is 0. The van der Waals surface area contributed by atoms with Crippen LogP contribution in [0.15, 0.2) is 69.9 Å². The molecule has 0 aliphatic rings. The van der Waals surface area contributed by atoms with Crippen molar-refractivity contribution in [3.8, 4) is 5.75 Å². The fourth-order valence-electron chi connectivity index (χ4n) is 2.86. The first-order valence-corrected chi connectivity index (χ1v) is 8.02. The van der Waals surface area contributed by atoms with Gasteiger partial charge in [0.05, 0.1) is 5.02 Å². The number of halogens is 2. The van der Waals surface area contributed by atoms with E-state index in [2.05, 4.69) is 0 Å². The molecule has 0 aliphatic carbocycles. The minimum absolute atomic E-state index is 0.0135. The fourth-order valence-corrected chi connectivity index (χ4v) is 3.03. The quantitative estimate of drug-likeness (QED) is 0.369. The standard InChI is InChI=1S/C20H12ClFO3/c21-16-10-14(6-7-17(16)22)24-11-13-9-19(23)25-18-8-5-12-3-1-2-4-15(12)20(13)18/h1-10H,11H2. The number of ether oxygens (including phenoxy) is 1. The number of hydrogen-bond donors (Lipinski definition) is 0. The van der Waals surface area contributed by atoms with Crippen molar-refractivity contribution in [3.63, 3.8) is 0 Å². The molecule has 0 radical (unpaired) electrons. The molecule has 0 spiro atoms. The van der Waals surface area contributed by atoms with E-state index >= 15 is 0 Å². The number of fused-ring (bicyclic) bond motifs is 3. The highest BCUT2D eigenvalue weighted by molar-refractivity contribution is 6.30. The van der Waals surface area contributed by atoms with Gasteiger partial charge in [-0.25, -0.2) is 9.18 Å². The summed E-state index contributed by atoms with van der Waals surface area (Å²) in [5.74, 6) is -0.0844. The molecule has 0 amide bonds. The molecule has 4 rings (SSSR count). The van der Waals surface area contributed by atoms with Gasteiger partial charge >= 0.3 is 5.63 Å². The van der Waals surface area contributed by atoms with E-state index in [1.54, 1.807) is 6.07 Å². The third-order valence-electron chi connectivity index (χ3n) is 4.00. The van der Waals surface area contributed by atoms with Crippen molar-refractivity contribution in [2.24, 2.45) is 0 Å². The van der Waals surface area contributed by atoms with Crippen molar-refractivity contribution < 1.29 is 13.5 Å². The minimum Gasteiger partial charge on any atom is -0.489 e. The van der Waals surface area contributed by atoms with Gasteiger partial charge in [0.2, 0.25) is 0 Å². The van der Waals surface area contributed by atoms with Gasteiger partial charge in [-0.15, -0.1) is 0 Å². The lowest BCUT2D eigenvalue weighted by atomic mass is 10.0. The second-order valence-electron chi connectivity index (χ2n) is 5.62. The minimum atomic E-state index is -0.509. The van der Waals surface area contributed by atoms with Crippen molar-refractivity contribution in [1.82, 2.24) is 0 Å². The maximum Gasteiger partial charge on any atom is 0.336 e. The van der Waals surface area contributed by atoms with Gasteiger partial charge in [0.1, 0.15) is 23.8 Å². The van der Waals surface area contributed by atoms with Crippen LogP contribution in [0.5, 0.6) is 5.75 Å². The first-order valence-electron chi connectivity index (χ1n) is 7.64. The molecule has 1 heterocycles. The van der Waals surface area contributed by atoms with Crippen molar-refractivity contribution in [3.05, 3.63) is 87.5 Å². The molecule has 0 saturated heterocycles. The predicted octanol–water partition coefficient (Wildman–Crippen LogP) is 5.32. The van der Waals surface area contributed by atoms with Crippen LogP contribution in [0.1, 0.15) is 5.56 Å². The van der Waals surface area contributed by atoms with Gasteiger partial charge < -0.3 is 9.15 Å². The molecule has 0 unspecified atom stereocenters. The van der Waals surface area contributed by atoms with Crippen LogP contribution in [-0.4, -0.2) is 0 Å². The highest BCUT2D eigenvalue weighted by Gasteiger charge is 2.11. The van der Waals surface area contributed by atoms with Crippen molar-refractivity contribution in [1.29, 1.82) is 0 Å². The van der Waals surface area contributed by atoms with Crippen molar-refractivity contribution >= 4 is 33.3 Å². The fraction of sp³-hybridized carbons (Fsp3) is 0.0500. The van der Waals surface area contributed by atoms with Crippen LogP contribution in [-0.2, 0) is 6.61 Å². The number of rotatable bonds is 3. The Morgan fingerprint density at radius 2 is 1.88 bits per heavy atom. The Morgan fingerprint density at radius 1 is 1.04 bits per heavy atom. The summed E-state index contributed by atoms with van der Waals surface area (Å²) in [6, 6.07) is 17.1. The molecule has 0 bridgehead atoms. The van der Waals surface area contributed by atoms with Crippen molar-refractivity contribution in [2.45, 2.75) is 6.61 Å². The van der Waals surface area contributed by atoms with Gasteiger partial charge in [-0.2, -0.15) is 0 Å². The second-order valence-corrected chi connectivity index (χ2v) is 6.02. The van der Waals surface area contributed by atoms with E-state index in [0.29, 0.717) is 16.9 Å². The van der Waals surface area contributed by atoms with Gasteiger partial charge in [0.25, 0.3) is 0 Å². The Labute approximate surface area is 147 Å². The average Bonchev–Trinajstić information content (AvgIpc) is 2.62. The van der Waals surface area contributed by atoms with Crippen LogP contribution in [0.25, 0.3) is 21.7 Å². The summed E-state index contributed by atoms with van der Waals surface area (Å²) < 4.78 is 24.3. The molecule has 3 aromatic carbocycles. The summed E-state index contributed by atoms with van der Waals surface area (Å²) in [5.41, 5.74) is 0.754. The van der Waals surface area contributed by atoms with E-state index in [9.17, 15) is 9.18 Å². The highest BCUT2D eigenvalue weighted by atomic mass is 35.5. The Balaban J connectivity index is 1.81. The topological polar surface area (TPSA) is 39.4 Å². The summed E-state index contributed by atoms with van der Waals surface area (Å²) in [7, 11) is 0. The first kappa shape index (κ1) is 15.7. The van der Waals surface area contributed by atoms with Gasteiger partial charge in [-0.3, -0.25) is 0 Å². The van der Waals surface area contributed by atoms with Crippen LogP contribution in [0.4, 0.5) is 4.39 Å². The van der Waals surface area contributed by atoms with Crippen LogP contribution < -0.4 is 10.4 Å². The summed E-state index contributed by atoms with van der Waals surface area (Å²) >= 11 is 5.77. The maximum absolute atomic E-state index is 13.3. The van der Waals surface area contributed by atoms with E-state index in [1.807, 2.05) is 30.3 Å². The van der Waals surface area contributed by atoms with Gasteiger partial charge in [0.15, 0.2) is 0 Å². The summed E-state index contributed by atoms with van der Waals surface area (Å²) in [6.45, 7) is 0.137. The zero-order chi connectivity index (χ0) is 17.4. The molecule has 0 N–H and O–H groups in total. The molecule has 4 aromatic rings. The number of hydrogen-bond acceptors (Lipinski definition) is 3. The normalized spacial score (nSPS) is 11.1. The Morgan fingerprint density at radius 3 is 2.72 bits per heavy atom. The molecule has 0 saturated carbocycles. The Kier molecular flexibility index (Phi) is 3.90. The summed E-state index contributed by atoms with van der Waals surface area (Å²) in [4.78, 5) is 11.9. The third kappa shape index (κ3) is 2.96. The monoisotopic (exact) mass is 354 g/mol. The predicted molar refractivity (Wildman–Crippen MR) is 95.7 cm³/mol. The number of benzene rings is 3. The van der Waals surface area contributed by atoms with E-state index in [4.69, 9.17) is 20.8 Å². The van der Waals surface area contributed by atoms with Crippen LogP contribution in [0.3, 0.4) is 0 Å². The lowest BCUT2D eigenvalue weighted by Crippen LogP contribution is -2.04. The Bertz CT molecular complexity index is 1150. The summed E-state index contributed by atoms with van der Waals surface area (Å²) in [5, 5.41) is 2.82. The van der Waals surface area contributed by atoms with Crippen molar-refractivity contribution in [2.75, 3.05) is 0 Å². The van der Waals surface area contributed by atoms with E-state index in [0.717, 1.165) is 16.2 Å². The van der Waals surface area contributed by atoms with Gasteiger partial charge in [-0.05, 0) is 29.0 Å². The molecular weight excluding hydrogens is 343 g/mol. The zero-order valence-electron chi connectivity index (χ0n) is 13.0. The van der Waals surface area contributed by atoms with Gasteiger partial charge in [-0.1, -0.05) is 41.9 Å². The molecule has 5 heteroatoms. The molecule has 0 fully saturated rings. The zero-order valence-corrected chi connectivity index (χ0v) is 13.7. The third-order valence-corrected chi connectivity index (χ3v) is 4.29. The lowest BCUT2D eigenvalue weighted by molar-refractivity contribution is 0.306. The molecule has 124 valence electrons. The van der Waals surface area contributed by atoms with Crippen LogP contribution >= 0.6 is 11.6 Å². The van der Waals surface area contributed by atoms with Crippen LogP contribution in [0.2, 0.25) is 5.02 Å². The molecule has 0 atom stereocenters. The lowest BCUT2D eigenvalue weighted by Gasteiger charge is -2.10. The molecule has 1 aromatic heterocycles. The SMILES string of the molecule is O=c1cc(COc2ccc(F)c(Cl)c2)c2c(ccc3ccccc32)o1. The first-order chi connectivity index (χ1) is 12.1. The van der Waals surface area contributed by atoms with E-state index < -0.39 is 11.4 Å². The highest BCUT2D eigenvalue weighted by Crippen LogP contribution is 2.28. The van der Waals surface area contributed by atoms with E-state index in [1.165, 1.54) is 24.3 Å². The average molecular weight is 355 g/mol. The molecule has 25 heavy (non-hydrogen) atoms. The largest absolute Gasteiger partial charge is 0.489 e. The molecule has 3 nitrogen and oxygen atoms in total. The maximum atomic E-state index is 13.3. The van der Waals surface area contributed by atoms with Gasteiger partial charge in [0, 0.05) is 23.1 Å². The second kappa shape index (κ2) is 6.22. The molecule has 0 aliphatic heterocycles. The Hall–Kier alpha value is -2.85. The van der Waals surface area contributed by atoms with E-state index in [-0.39, 0.29) is 11.6 Å². The smallest absolute Gasteiger partial charge is 0.336 e. The molecular formula is C20H12ClFO3.